The van der Waals surface area contributed by atoms with Crippen molar-refractivity contribution < 1.29 is 0 Å². The molecule has 2 aliphatic heterocycles. The molecule has 1 aromatic rings. The van der Waals surface area contributed by atoms with Crippen LogP contribution >= 0.6 is 11.5 Å². The summed E-state index contributed by atoms with van der Waals surface area (Å²) < 4.78 is 4.17. The van der Waals surface area contributed by atoms with Crippen molar-refractivity contribution in [1.29, 1.82) is 0 Å². The summed E-state index contributed by atoms with van der Waals surface area (Å²) in [5.74, 6) is 0. The molecule has 0 bridgehead atoms. The number of hydrogen-bond acceptors (Lipinski definition) is 5. The molecular weight excluding hydrogens is 256 g/mol. The Bertz CT molecular complexity index is 378. The molecule has 19 heavy (non-hydrogen) atoms. The maximum atomic E-state index is 4.17. The van der Waals surface area contributed by atoms with Gasteiger partial charge < -0.3 is 0 Å². The van der Waals surface area contributed by atoms with E-state index in [1.807, 2.05) is 6.20 Å². The van der Waals surface area contributed by atoms with Gasteiger partial charge in [-0.2, -0.15) is 0 Å². The lowest BCUT2D eigenvalue weighted by Crippen LogP contribution is -2.63. The van der Waals surface area contributed by atoms with Gasteiger partial charge in [0.2, 0.25) is 0 Å². The van der Waals surface area contributed by atoms with E-state index in [1.165, 1.54) is 44.8 Å². The summed E-state index contributed by atoms with van der Waals surface area (Å²) in [6.45, 7) is 13.1. The number of rotatable bonds is 4. The average molecular weight is 280 g/mol. The fourth-order valence-electron chi connectivity index (χ4n) is 3.08. The zero-order chi connectivity index (χ0) is 13.2. The van der Waals surface area contributed by atoms with E-state index in [9.17, 15) is 0 Å². The van der Waals surface area contributed by atoms with Gasteiger partial charge in [0.1, 0.15) is 0 Å². The predicted molar refractivity (Wildman–Crippen MR) is 79.5 cm³/mol. The lowest BCUT2D eigenvalue weighted by molar-refractivity contribution is -0.00409. The molecule has 2 saturated heterocycles. The standard InChI is InChI=1S/C14H24N4S/c1-12(2)17-3-5-18(6-4-17)14-9-16(10-14)8-13-7-15-19-11-13/h7,11-12,14H,3-6,8-10H2,1-2H3. The highest BCUT2D eigenvalue weighted by molar-refractivity contribution is 7.03. The van der Waals surface area contributed by atoms with Gasteiger partial charge in [-0.05, 0) is 30.9 Å². The largest absolute Gasteiger partial charge is 0.298 e. The minimum absolute atomic E-state index is 0.700. The van der Waals surface area contributed by atoms with Crippen molar-refractivity contribution in [3.05, 3.63) is 17.1 Å². The molecule has 3 rings (SSSR count). The second kappa shape index (κ2) is 5.87. The second-order valence-electron chi connectivity index (χ2n) is 6.05. The van der Waals surface area contributed by atoms with Crippen LogP contribution in [0.15, 0.2) is 11.6 Å². The van der Waals surface area contributed by atoms with Crippen molar-refractivity contribution in [1.82, 2.24) is 19.1 Å². The van der Waals surface area contributed by atoms with Gasteiger partial charge in [0.25, 0.3) is 0 Å². The summed E-state index contributed by atoms with van der Waals surface area (Å²) in [7, 11) is 0. The number of aromatic nitrogens is 1. The topological polar surface area (TPSA) is 22.6 Å². The van der Waals surface area contributed by atoms with E-state index in [-0.39, 0.29) is 0 Å². The van der Waals surface area contributed by atoms with Crippen molar-refractivity contribution in [3.8, 4) is 0 Å². The molecule has 2 fully saturated rings. The minimum Gasteiger partial charge on any atom is -0.298 e. The van der Waals surface area contributed by atoms with Gasteiger partial charge in [-0.15, -0.1) is 0 Å². The van der Waals surface area contributed by atoms with Crippen molar-refractivity contribution in [2.45, 2.75) is 32.5 Å². The molecule has 0 amide bonds. The lowest BCUT2D eigenvalue weighted by Gasteiger charge is -2.48. The Balaban J connectivity index is 1.40. The summed E-state index contributed by atoms with van der Waals surface area (Å²) in [6, 6.07) is 1.49. The van der Waals surface area contributed by atoms with E-state index in [0.717, 1.165) is 12.6 Å². The second-order valence-corrected chi connectivity index (χ2v) is 6.70. The van der Waals surface area contributed by atoms with Gasteiger partial charge >= 0.3 is 0 Å². The molecule has 2 aliphatic rings. The number of piperazine rings is 1. The molecule has 0 aliphatic carbocycles. The molecule has 5 heteroatoms. The van der Waals surface area contributed by atoms with Crippen LogP contribution in [0, 0.1) is 0 Å². The third-order valence-electron chi connectivity index (χ3n) is 4.42. The molecular formula is C14H24N4S. The van der Waals surface area contributed by atoms with E-state index in [0.29, 0.717) is 6.04 Å². The Morgan fingerprint density at radius 1 is 1.26 bits per heavy atom. The van der Waals surface area contributed by atoms with Gasteiger partial charge in [-0.25, -0.2) is 4.37 Å². The molecule has 0 atom stereocenters. The molecule has 0 saturated carbocycles. The van der Waals surface area contributed by atoms with E-state index in [2.05, 4.69) is 38.3 Å². The monoisotopic (exact) mass is 280 g/mol. The summed E-state index contributed by atoms with van der Waals surface area (Å²) in [6.07, 6.45) is 2.00. The van der Waals surface area contributed by atoms with Crippen molar-refractivity contribution in [2.24, 2.45) is 0 Å². The Hall–Kier alpha value is -0.490. The summed E-state index contributed by atoms with van der Waals surface area (Å²) in [5, 5.41) is 2.16. The third-order valence-corrected chi connectivity index (χ3v) is 5.06. The van der Waals surface area contributed by atoms with Gasteiger partial charge in [0.15, 0.2) is 0 Å². The van der Waals surface area contributed by atoms with Crippen LogP contribution in [0.5, 0.6) is 0 Å². The van der Waals surface area contributed by atoms with Crippen molar-refractivity contribution in [3.63, 3.8) is 0 Å². The van der Waals surface area contributed by atoms with Crippen LogP contribution in [0.3, 0.4) is 0 Å². The molecule has 106 valence electrons. The normalized spacial score (nSPS) is 23.9. The fraction of sp³-hybridized carbons (Fsp3) is 0.786. The van der Waals surface area contributed by atoms with Crippen molar-refractivity contribution in [2.75, 3.05) is 39.3 Å². The number of nitrogens with zero attached hydrogens (tertiary/aromatic N) is 4. The zero-order valence-corrected chi connectivity index (χ0v) is 12.8. The molecule has 4 nitrogen and oxygen atoms in total. The van der Waals surface area contributed by atoms with E-state index in [4.69, 9.17) is 0 Å². The van der Waals surface area contributed by atoms with E-state index < -0.39 is 0 Å². The lowest BCUT2D eigenvalue weighted by atomic mass is 10.1. The molecule has 0 unspecified atom stereocenters. The molecule has 0 N–H and O–H groups in total. The molecule has 0 radical (unpaired) electrons. The highest BCUT2D eigenvalue weighted by Gasteiger charge is 2.33. The van der Waals surface area contributed by atoms with Crippen LogP contribution in [-0.2, 0) is 6.54 Å². The Morgan fingerprint density at radius 3 is 2.58 bits per heavy atom. The molecule has 0 aromatic carbocycles. The molecule has 1 aromatic heterocycles. The average Bonchev–Trinajstić information content (AvgIpc) is 2.86. The van der Waals surface area contributed by atoms with Crippen LogP contribution in [0.1, 0.15) is 19.4 Å². The quantitative estimate of drug-likeness (QED) is 0.830. The number of hydrogen-bond donors (Lipinski definition) is 0. The Morgan fingerprint density at radius 2 is 2.00 bits per heavy atom. The van der Waals surface area contributed by atoms with Crippen molar-refractivity contribution >= 4 is 11.5 Å². The zero-order valence-electron chi connectivity index (χ0n) is 12.0. The Labute approximate surface area is 120 Å². The fourth-order valence-corrected chi connectivity index (χ4v) is 3.61. The van der Waals surface area contributed by atoms with Crippen LogP contribution in [0.4, 0.5) is 0 Å². The number of likely N-dealkylation sites (tertiary alicyclic amines) is 1. The molecule has 3 heterocycles. The molecule has 0 spiro atoms. The first-order valence-electron chi connectivity index (χ1n) is 7.31. The highest BCUT2D eigenvalue weighted by atomic mass is 32.1. The summed E-state index contributed by atoms with van der Waals surface area (Å²) >= 11 is 1.56. The maximum Gasteiger partial charge on any atom is 0.0452 e. The predicted octanol–water partition coefficient (Wildman–Crippen LogP) is 1.35. The van der Waals surface area contributed by atoms with Gasteiger partial charge in [0.05, 0.1) is 0 Å². The smallest absolute Gasteiger partial charge is 0.0452 e. The highest BCUT2D eigenvalue weighted by Crippen LogP contribution is 2.20. The summed E-state index contributed by atoms with van der Waals surface area (Å²) in [5.41, 5.74) is 1.37. The van der Waals surface area contributed by atoms with Crippen LogP contribution < -0.4 is 0 Å². The van der Waals surface area contributed by atoms with E-state index >= 15 is 0 Å². The van der Waals surface area contributed by atoms with E-state index in [1.54, 1.807) is 11.5 Å². The van der Waals surface area contributed by atoms with Gasteiger partial charge in [-0.1, -0.05) is 0 Å². The third kappa shape index (κ3) is 3.16. The van der Waals surface area contributed by atoms with Gasteiger partial charge in [-0.3, -0.25) is 14.7 Å². The summed E-state index contributed by atoms with van der Waals surface area (Å²) in [4.78, 5) is 7.80. The Kier molecular flexibility index (Phi) is 4.17. The SMILES string of the molecule is CC(C)N1CCN(C2CN(Cc3cnsc3)C2)CC1. The first kappa shape index (κ1) is 13.5. The first-order chi connectivity index (χ1) is 9.22. The van der Waals surface area contributed by atoms with Crippen LogP contribution in [-0.4, -0.2) is 70.4 Å². The minimum atomic E-state index is 0.700. The van der Waals surface area contributed by atoms with Crippen LogP contribution in [0.25, 0.3) is 0 Å². The maximum absolute atomic E-state index is 4.17. The van der Waals surface area contributed by atoms with Gasteiger partial charge in [0, 0.05) is 69.5 Å². The van der Waals surface area contributed by atoms with Crippen LogP contribution in [0.2, 0.25) is 0 Å². The first-order valence-corrected chi connectivity index (χ1v) is 8.15.